The lowest BCUT2D eigenvalue weighted by atomic mass is 9.93. The van der Waals surface area contributed by atoms with Gasteiger partial charge in [0.15, 0.2) is 0 Å². The summed E-state index contributed by atoms with van der Waals surface area (Å²) >= 11 is 0. The summed E-state index contributed by atoms with van der Waals surface area (Å²) in [7, 11) is 0. The van der Waals surface area contributed by atoms with Crippen LogP contribution in [-0.4, -0.2) is 16.8 Å². The van der Waals surface area contributed by atoms with E-state index in [9.17, 15) is 0 Å². The second kappa shape index (κ2) is 5.89. The fourth-order valence-corrected chi connectivity index (χ4v) is 2.60. The number of fused-ring (bicyclic) bond motifs is 1. The lowest BCUT2D eigenvalue weighted by Crippen LogP contribution is -2.28. The van der Waals surface area contributed by atoms with Crippen molar-refractivity contribution >= 4 is 10.9 Å². The maximum atomic E-state index is 6.15. The van der Waals surface area contributed by atoms with Crippen LogP contribution in [0.2, 0.25) is 0 Å². The number of hydrogen-bond donors (Lipinski definition) is 2. The first-order valence-electron chi connectivity index (χ1n) is 7.60. The van der Waals surface area contributed by atoms with Gasteiger partial charge in [-0.2, -0.15) is 5.10 Å². The van der Waals surface area contributed by atoms with Crippen LogP contribution < -0.4 is 10.5 Å². The zero-order valence-electron chi connectivity index (χ0n) is 13.5. The third-order valence-corrected chi connectivity index (χ3v) is 3.86. The molecule has 1 heterocycles. The molecule has 0 spiro atoms. The topological polar surface area (TPSA) is 63.9 Å². The fourth-order valence-electron chi connectivity index (χ4n) is 2.60. The summed E-state index contributed by atoms with van der Waals surface area (Å²) in [6.45, 7) is 8.17. The minimum Gasteiger partial charge on any atom is -0.488 e. The second-order valence-electron chi connectivity index (χ2n) is 6.17. The van der Waals surface area contributed by atoms with Gasteiger partial charge in [-0.15, -0.1) is 0 Å². The van der Waals surface area contributed by atoms with Gasteiger partial charge in [0.1, 0.15) is 12.4 Å². The number of hydrogen-bond acceptors (Lipinski definition) is 3. The van der Waals surface area contributed by atoms with Gasteiger partial charge < -0.3 is 10.5 Å². The van der Waals surface area contributed by atoms with Crippen molar-refractivity contribution in [2.45, 2.75) is 19.4 Å². The first-order valence-corrected chi connectivity index (χ1v) is 7.60. The molecule has 3 rings (SSSR count). The van der Waals surface area contributed by atoms with E-state index in [4.69, 9.17) is 10.5 Å². The smallest absolute Gasteiger partial charge is 0.138 e. The SMILES string of the molecule is C=CCOc1c(-c2ccc(C(C)(C)N)cc2)ccc2[nH]ncc12. The average molecular weight is 307 g/mol. The Bertz CT molecular complexity index is 826. The predicted molar refractivity (Wildman–Crippen MR) is 94.4 cm³/mol. The molecule has 0 aliphatic heterocycles. The summed E-state index contributed by atoms with van der Waals surface area (Å²) in [4.78, 5) is 0. The maximum Gasteiger partial charge on any atom is 0.138 e. The van der Waals surface area contributed by atoms with Crippen molar-refractivity contribution in [1.29, 1.82) is 0 Å². The molecule has 0 aliphatic rings. The Kier molecular flexibility index (Phi) is 3.92. The lowest BCUT2D eigenvalue weighted by molar-refractivity contribution is 0.369. The number of benzene rings is 2. The number of nitrogens with two attached hydrogens (primary N) is 1. The van der Waals surface area contributed by atoms with E-state index in [-0.39, 0.29) is 5.54 Å². The first-order chi connectivity index (χ1) is 11.0. The predicted octanol–water partition coefficient (Wildman–Crippen LogP) is 3.99. The van der Waals surface area contributed by atoms with Crippen molar-refractivity contribution in [3.05, 3.63) is 60.8 Å². The van der Waals surface area contributed by atoms with Crippen LogP contribution in [0.3, 0.4) is 0 Å². The number of aromatic amines is 1. The van der Waals surface area contributed by atoms with Crippen LogP contribution >= 0.6 is 0 Å². The van der Waals surface area contributed by atoms with Crippen LogP contribution in [0.15, 0.2) is 55.3 Å². The molecule has 2 aromatic carbocycles. The zero-order valence-corrected chi connectivity index (χ0v) is 13.5. The number of ether oxygens (including phenoxy) is 1. The van der Waals surface area contributed by atoms with E-state index < -0.39 is 0 Å². The van der Waals surface area contributed by atoms with E-state index in [2.05, 4.69) is 41.0 Å². The Morgan fingerprint density at radius 3 is 2.61 bits per heavy atom. The Balaban J connectivity index is 2.09. The molecule has 0 atom stereocenters. The molecule has 4 heteroatoms. The van der Waals surface area contributed by atoms with E-state index in [1.54, 1.807) is 12.3 Å². The maximum absolute atomic E-state index is 6.15. The molecular weight excluding hydrogens is 286 g/mol. The highest BCUT2D eigenvalue weighted by Gasteiger charge is 2.16. The van der Waals surface area contributed by atoms with Gasteiger partial charge in [-0.3, -0.25) is 5.10 Å². The van der Waals surface area contributed by atoms with Gasteiger partial charge in [0.25, 0.3) is 0 Å². The normalized spacial score (nSPS) is 11.6. The molecule has 3 aromatic rings. The van der Waals surface area contributed by atoms with Crippen LogP contribution in [0.25, 0.3) is 22.0 Å². The quantitative estimate of drug-likeness (QED) is 0.701. The van der Waals surface area contributed by atoms with E-state index in [0.717, 1.165) is 33.3 Å². The van der Waals surface area contributed by atoms with Gasteiger partial charge >= 0.3 is 0 Å². The summed E-state index contributed by atoms with van der Waals surface area (Å²) in [5.74, 6) is 0.816. The summed E-state index contributed by atoms with van der Waals surface area (Å²) < 4.78 is 5.91. The van der Waals surface area contributed by atoms with Crippen LogP contribution in [0, 0.1) is 0 Å². The molecule has 0 amide bonds. The van der Waals surface area contributed by atoms with Crippen molar-refractivity contribution in [2.24, 2.45) is 5.73 Å². The Labute approximate surface area is 136 Å². The van der Waals surface area contributed by atoms with Gasteiger partial charge in [0.05, 0.1) is 17.1 Å². The van der Waals surface area contributed by atoms with Crippen LogP contribution in [-0.2, 0) is 5.54 Å². The van der Waals surface area contributed by atoms with Crippen LogP contribution in [0.4, 0.5) is 0 Å². The Morgan fingerprint density at radius 2 is 1.96 bits per heavy atom. The third kappa shape index (κ3) is 2.98. The minimum atomic E-state index is -0.352. The average Bonchev–Trinajstić information content (AvgIpc) is 3.00. The van der Waals surface area contributed by atoms with E-state index >= 15 is 0 Å². The Hall–Kier alpha value is -2.59. The van der Waals surface area contributed by atoms with Crippen molar-refractivity contribution in [3.63, 3.8) is 0 Å². The van der Waals surface area contributed by atoms with Crippen molar-refractivity contribution in [3.8, 4) is 16.9 Å². The molecule has 3 N–H and O–H groups in total. The summed E-state index contributed by atoms with van der Waals surface area (Å²) in [6.07, 6.45) is 3.53. The summed E-state index contributed by atoms with van der Waals surface area (Å²) in [5.41, 5.74) is 9.96. The van der Waals surface area contributed by atoms with Crippen LogP contribution in [0.1, 0.15) is 19.4 Å². The zero-order chi connectivity index (χ0) is 16.4. The molecule has 23 heavy (non-hydrogen) atoms. The van der Waals surface area contributed by atoms with E-state index in [0.29, 0.717) is 6.61 Å². The molecule has 0 radical (unpaired) electrons. The van der Waals surface area contributed by atoms with E-state index in [1.807, 2.05) is 26.0 Å². The molecule has 4 nitrogen and oxygen atoms in total. The standard InChI is InChI=1S/C19H21N3O/c1-4-11-23-18-15(9-10-17-16(18)12-21-22-17)13-5-7-14(8-6-13)19(2,3)20/h4-10,12H,1,11,20H2,2-3H3,(H,21,22). The third-order valence-electron chi connectivity index (χ3n) is 3.86. The molecule has 0 bridgehead atoms. The van der Waals surface area contributed by atoms with E-state index in [1.165, 1.54) is 0 Å². The molecule has 0 saturated heterocycles. The molecule has 118 valence electrons. The molecule has 0 unspecified atom stereocenters. The number of aromatic nitrogens is 2. The van der Waals surface area contributed by atoms with Gasteiger partial charge in [0.2, 0.25) is 0 Å². The number of rotatable bonds is 5. The second-order valence-corrected chi connectivity index (χ2v) is 6.17. The minimum absolute atomic E-state index is 0.352. The fraction of sp³-hybridized carbons (Fsp3) is 0.211. The highest BCUT2D eigenvalue weighted by Crippen LogP contribution is 2.36. The van der Waals surface area contributed by atoms with Crippen molar-refractivity contribution in [2.75, 3.05) is 6.61 Å². The number of H-pyrrole nitrogens is 1. The molecule has 0 saturated carbocycles. The molecule has 1 aromatic heterocycles. The summed E-state index contributed by atoms with van der Waals surface area (Å²) in [6, 6.07) is 12.3. The lowest BCUT2D eigenvalue weighted by Gasteiger charge is -2.19. The highest BCUT2D eigenvalue weighted by molar-refractivity contribution is 5.92. The number of nitrogens with zero attached hydrogens (tertiary/aromatic N) is 1. The molecule has 0 aliphatic carbocycles. The summed E-state index contributed by atoms with van der Waals surface area (Å²) in [5, 5.41) is 8.04. The van der Waals surface area contributed by atoms with Crippen molar-refractivity contribution < 1.29 is 4.74 Å². The molecule has 0 fully saturated rings. The van der Waals surface area contributed by atoms with Gasteiger partial charge in [0, 0.05) is 11.1 Å². The van der Waals surface area contributed by atoms with Gasteiger partial charge in [-0.25, -0.2) is 0 Å². The number of nitrogens with one attached hydrogen (secondary N) is 1. The van der Waals surface area contributed by atoms with Gasteiger partial charge in [-0.1, -0.05) is 36.9 Å². The monoisotopic (exact) mass is 307 g/mol. The first kappa shape index (κ1) is 15.3. The van der Waals surface area contributed by atoms with Crippen LogP contribution in [0.5, 0.6) is 5.75 Å². The van der Waals surface area contributed by atoms with Gasteiger partial charge in [-0.05, 0) is 37.1 Å². The Morgan fingerprint density at radius 1 is 1.22 bits per heavy atom. The highest BCUT2D eigenvalue weighted by atomic mass is 16.5. The van der Waals surface area contributed by atoms with Crippen molar-refractivity contribution in [1.82, 2.24) is 10.2 Å². The molecular formula is C19H21N3O. The largest absolute Gasteiger partial charge is 0.488 e.